The zero-order valence-corrected chi connectivity index (χ0v) is 30.0. The quantitative estimate of drug-likeness (QED) is 0.343. The highest BCUT2D eigenvalue weighted by atomic mass is 16.6. The number of carbonyl (C=O) groups is 3. The minimum Gasteiger partial charge on any atom is -0.444 e. The van der Waals surface area contributed by atoms with E-state index in [9.17, 15) is 14.4 Å². The highest BCUT2D eigenvalue weighted by Gasteiger charge is 2.34. The Morgan fingerprint density at radius 2 is 1.21 bits per heavy atom. The fraction of sp³-hybridized carbons (Fsp3) is 0.564. The molecule has 0 unspecified atom stereocenters. The molecule has 3 aliphatic carbocycles. The number of nitrogens with one attached hydrogen (secondary N) is 1. The lowest BCUT2D eigenvalue weighted by Crippen LogP contribution is -2.47. The molecule has 0 radical (unpaired) electrons. The number of amides is 2. The lowest BCUT2D eigenvalue weighted by molar-refractivity contribution is -0.127. The highest BCUT2D eigenvalue weighted by Crippen LogP contribution is 2.33. The van der Waals surface area contributed by atoms with E-state index in [1.165, 1.54) is 40.9 Å². The first kappa shape index (κ1) is 37.8. The van der Waals surface area contributed by atoms with Crippen LogP contribution in [0.25, 0.3) is 6.08 Å². The molecule has 47 heavy (non-hydrogen) atoms. The number of rotatable bonds is 6. The van der Waals surface area contributed by atoms with Crippen LogP contribution in [-0.2, 0) is 20.7 Å². The van der Waals surface area contributed by atoms with Crippen molar-refractivity contribution in [1.82, 2.24) is 15.1 Å². The fourth-order valence-electron chi connectivity index (χ4n) is 5.51. The first-order valence-electron chi connectivity index (χ1n) is 16.9. The number of ketones is 1. The molecule has 3 aliphatic rings. The van der Waals surface area contributed by atoms with E-state index in [4.69, 9.17) is 9.47 Å². The number of nitrogens with zero attached hydrogens (tertiary/aromatic N) is 2. The maximum atomic E-state index is 11.9. The molecular formula is C39H57N3O5. The van der Waals surface area contributed by atoms with Crippen LogP contribution in [0.2, 0.25) is 0 Å². The molecule has 0 heterocycles. The number of ether oxygens (including phenoxy) is 2. The van der Waals surface area contributed by atoms with Gasteiger partial charge >= 0.3 is 12.2 Å². The van der Waals surface area contributed by atoms with Gasteiger partial charge in [0.15, 0.2) is 0 Å². The lowest BCUT2D eigenvalue weighted by Gasteiger charge is -2.37. The van der Waals surface area contributed by atoms with E-state index in [0.29, 0.717) is 12.8 Å². The van der Waals surface area contributed by atoms with Crippen molar-refractivity contribution in [3.8, 4) is 0 Å². The zero-order chi connectivity index (χ0) is 34.8. The minimum atomic E-state index is -0.473. The summed E-state index contributed by atoms with van der Waals surface area (Å²) < 4.78 is 10.5. The smallest absolute Gasteiger partial charge is 0.410 e. The van der Waals surface area contributed by atoms with Gasteiger partial charge in [0, 0.05) is 45.1 Å². The van der Waals surface area contributed by atoms with Crippen molar-refractivity contribution < 1.29 is 23.9 Å². The van der Waals surface area contributed by atoms with Crippen molar-refractivity contribution in [3.63, 3.8) is 0 Å². The van der Waals surface area contributed by atoms with Crippen LogP contribution in [0.15, 0.2) is 66.2 Å². The van der Waals surface area contributed by atoms with E-state index in [1.54, 1.807) is 11.9 Å². The molecule has 0 aromatic heterocycles. The van der Waals surface area contributed by atoms with Crippen LogP contribution in [0.1, 0.15) is 91.2 Å². The molecule has 2 aromatic carbocycles. The second-order valence-corrected chi connectivity index (χ2v) is 15.1. The first-order chi connectivity index (χ1) is 22.0. The van der Waals surface area contributed by atoms with Crippen molar-refractivity contribution in [1.29, 1.82) is 0 Å². The Hall–Kier alpha value is -3.65. The van der Waals surface area contributed by atoms with Gasteiger partial charge in [-0.1, -0.05) is 72.3 Å². The molecule has 0 spiro atoms. The normalized spacial score (nSPS) is 20.4. The van der Waals surface area contributed by atoms with Crippen LogP contribution in [0, 0.1) is 5.92 Å². The van der Waals surface area contributed by atoms with Gasteiger partial charge in [0.2, 0.25) is 0 Å². The predicted molar refractivity (Wildman–Crippen MR) is 189 cm³/mol. The van der Waals surface area contributed by atoms with Gasteiger partial charge in [0.1, 0.15) is 17.0 Å². The van der Waals surface area contributed by atoms with E-state index in [1.807, 2.05) is 66.8 Å². The standard InChI is InChI=1S/C17H23NO2.C12H17N.C10H17NO3/c1-17(2,3)20-16(19)18(4)15-11-14(12-15)10-13-8-6-5-7-9-13;1-13-12-8-11(9-12)7-10-5-3-2-4-6-10;1-10(2,3)14-9(13)11(4)7-5-8(12)6-7/h5-10,15H,11-12H2,1-4H3;2-6,11-13H,7-9H2,1H3;7H,5-6H2,1-4H3. The van der Waals surface area contributed by atoms with Crippen molar-refractivity contribution in [2.75, 3.05) is 21.1 Å². The summed E-state index contributed by atoms with van der Waals surface area (Å²) in [5.74, 6) is 1.13. The fourth-order valence-corrected chi connectivity index (χ4v) is 5.51. The number of hydrogen-bond donors (Lipinski definition) is 1. The molecule has 2 amide bonds. The molecule has 8 nitrogen and oxygen atoms in total. The predicted octanol–water partition coefficient (Wildman–Crippen LogP) is 7.91. The van der Waals surface area contributed by atoms with Crippen LogP contribution >= 0.6 is 0 Å². The van der Waals surface area contributed by atoms with Gasteiger partial charge < -0.3 is 24.6 Å². The summed E-state index contributed by atoms with van der Waals surface area (Å²) in [6.07, 6.45) is 8.40. The van der Waals surface area contributed by atoms with Crippen LogP contribution in [0.5, 0.6) is 0 Å². The van der Waals surface area contributed by atoms with Crippen LogP contribution < -0.4 is 5.32 Å². The molecule has 0 aliphatic heterocycles. The largest absolute Gasteiger partial charge is 0.444 e. The third-order valence-electron chi connectivity index (χ3n) is 8.56. The Bertz CT molecular complexity index is 1310. The van der Waals surface area contributed by atoms with Crippen LogP contribution in [0.3, 0.4) is 0 Å². The second-order valence-electron chi connectivity index (χ2n) is 15.1. The number of benzene rings is 2. The van der Waals surface area contributed by atoms with Crippen molar-refractivity contribution in [3.05, 3.63) is 77.4 Å². The van der Waals surface area contributed by atoms with E-state index < -0.39 is 11.2 Å². The summed E-state index contributed by atoms with van der Waals surface area (Å²) in [5, 5.41) is 3.32. The van der Waals surface area contributed by atoms with Crippen LogP contribution in [-0.4, -0.2) is 78.2 Å². The third-order valence-corrected chi connectivity index (χ3v) is 8.56. The molecule has 258 valence electrons. The maximum absolute atomic E-state index is 11.9. The summed E-state index contributed by atoms with van der Waals surface area (Å²) in [6, 6.07) is 22.2. The number of carbonyl (C=O) groups excluding carboxylic acids is 3. The summed E-state index contributed by atoms with van der Waals surface area (Å²) >= 11 is 0. The minimum absolute atomic E-state index is 0.0392. The van der Waals surface area contributed by atoms with E-state index in [2.05, 4.69) is 60.9 Å². The van der Waals surface area contributed by atoms with Crippen molar-refractivity contribution in [2.45, 2.75) is 116 Å². The molecular weight excluding hydrogens is 590 g/mol. The van der Waals surface area contributed by atoms with Crippen molar-refractivity contribution in [2.24, 2.45) is 5.92 Å². The summed E-state index contributed by atoms with van der Waals surface area (Å²) in [5.41, 5.74) is 3.19. The molecule has 3 fully saturated rings. The first-order valence-corrected chi connectivity index (χ1v) is 16.9. The molecule has 8 heteroatoms. The van der Waals surface area contributed by atoms with E-state index in [0.717, 1.165) is 24.8 Å². The van der Waals surface area contributed by atoms with Gasteiger partial charge in [-0.05, 0) is 97.7 Å². The average molecular weight is 648 g/mol. The van der Waals surface area contributed by atoms with Gasteiger partial charge in [0.05, 0.1) is 0 Å². The zero-order valence-electron chi connectivity index (χ0n) is 30.0. The Morgan fingerprint density at radius 1 is 0.766 bits per heavy atom. The van der Waals surface area contributed by atoms with E-state index in [-0.39, 0.29) is 30.1 Å². The monoisotopic (exact) mass is 647 g/mol. The third kappa shape index (κ3) is 13.2. The Kier molecular flexibility index (Phi) is 13.6. The summed E-state index contributed by atoms with van der Waals surface area (Å²) in [6.45, 7) is 11.1. The number of Topliss-reactive ketones (excluding diaryl/α,β-unsaturated/α-hetero) is 1. The number of hydrogen-bond acceptors (Lipinski definition) is 6. The summed E-state index contributed by atoms with van der Waals surface area (Å²) in [4.78, 5) is 37.4. The van der Waals surface area contributed by atoms with Gasteiger partial charge in [-0.2, -0.15) is 0 Å². The van der Waals surface area contributed by atoms with E-state index >= 15 is 0 Å². The molecule has 0 bridgehead atoms. The molecule has 2 aromatic rings. The van der Waals surface area contributed by atoms with Crippen LogP contribution in [0.4, 0.5) is 9.59 Å². The average Bonchev–Trinajstić information content (AvgIpc) is 2.94. The summed E-state index contributed by atoms with van der Waals surface area (Å²) in [7, 11) is 5.55. The lowest BCUT2D eigenvalue weighted by atomic mass is 9.77. The SMILES string of the molecule is CN(C(=O)OC(C)(C)C)C1CC(=Cc2ccccc2)C1.CN(C(=O)OC(C)(C)C)C1CC(=O)C1.CNC1CC(Cc2ccccc2)C1. The van der Waals surface area contributed by atoms with Crippen molar-refractivity contribution >= 4 is 24.0 Å². The maximum Gasteiger partial charge on any atom is 0.410 e. The van der Waals surface area contributed by atoms with Gasteiger partial charge in [-0.3, -0.25) is 4.79 Å². The topological polar surface area (TPSA) is 88.2 Å². The Morgan fingerprint density at radius 3 is 1.64 bits per heavy atom. The molecule has 5 rings (SSSR count). The van der Waals surface area contributed by atoms with Gasteiger partial charge in [-0.15, -0.1) is 0 Å². The molecule has 0 atom stereocenters. The second kappa shape index (κ2) is 17.0. The van der Waals surface area contributed by atoms with Gasteiger partial charge in [0.25, 0.3) is 0 Å². The highest BCUT2D eigenvalue weighted by molar-refractivity contribution is 5.87. The molecule has 1 N–H and O–H groups in total. The van der Waals surface area contributed by atoms with Gasteiger partial charge in [-0.25, -0.2) is 9.59 Å². The Balaban J connectivity index is 0.000000198. The molecule has 0 saturated heterocycles. The Labute approximate surface area is 282 Å². The molecule has 3 saturated carbocycles.